The maximum absolute atomic E-state index is 12.2. The predicted octanol–water partition coefficient (Wildman–Crippen LogP) is 4.34. The van der Waals surface area contributed by atoms with Crippen LogP contribution in [0.1, 0.15) is 15.9 Å². The van der Waals surface area contributed by atoms with Crippen molar-refractivity contribution in [3.05, 3.63) is 63.1 Å². The summed E-state index contributed by atoms with van der Waals surface area (Å²) >= 11 is 9.25. The van der Waals surface area contributed by atoms with Crippen molar-refractivity contribution in [2.75, 3.05) is 7.11 Å². The summed E-state index contributed by atoms with van der Waals surface area (Å²) in [4.78, 5) is 12.2. The standard InChI is InChI=1S/C14H10BrClO2/c1-18-13-4-2-9(3-5-13)14(17)10-6-11(15)8-12(16)7-10/h2-8H,1H3. The Balaban J connectivity index is 2.34. The molecule has 0 aliphatic rings. The average Bonchev–Trinajstić information content (AvgIpc) is 2.37. The van der Waals surface area contributed by atoms with Gasteiger partial charge in [0.25, 0.3) is 0 Å². The largest absolute Gasteiger partial charge is 0.497 e. The smallest absolute Gasteiger partial charge is 0.193 e. The molecule has 0 unspecified atom stereocenters. The van der Waals surface area contributed by atoms with Gasteiger partial charge in [-0.05, 0) is 42.5 Å². The maximum Gasteiger partial charge on any atom is 0.193 e. The lowest BCUT2D eigenvalue weighted by Gasteiger charge is -2.04. The number of ether oxygens (including phenoxy) is 1. The molecule has 0 amide bonds. The lowest BCUT2D eigenvalue weighted by molar-refractivity contribution is 0.103. The van der Waals surface area contributed by atoms with Gasteiger partial charge in [0.05, 0.1) is 7.11 Å². The molecule has 92 valence electrons. The Labute approximate surface area is 119 Å². The summed E-state index contributed by atoms with van der Waals surface area (Å²) in [6.07, 6.45) is 0. The van der Waals surface area contributed by atoms with E-state index in [4.69, 9.17) is 16.3 Å². The quantitative estimate of drug-likeness (QED) is 0.785. The van der Waals surface area contributed by atoms with E-state index in [-0.39, 0.29) is 5.78 Å². The first-order valence-corrected chi connectivity index (χ1v) is 6.42. The molecule has 2 aromatic rings. The van der Waals surface area contributed by atoms with Crippen LogP contribution in [0.25, 0.3) is 0 Å². The van der Waals surface area contributed by atoms with Crippen LogP contribution in [-0.4, -0.2) is 12.9 Å². The molecule has 18 heavy (non-hydrogen) atoms. The van der Waals surface area contributed by atoms with E-state index < -0.39 is 0 Å². The van der Waals surface area contributed by atoms with Gasteiger partial charge >= 0.3 is 0 Å². The van der Waals surface area contributed by atoms with Crippen LogP contribution in [0.4, 0.5) is 0 Å². The predicted molar refractivity (Wildman–Crippen MR) is 75.6 cm³/mol. The van der Waals surface area contributed by atoms with Crippen LogP contribution < -0.4 is 4.74 Å². The van der Waals surface area contributed by atoms with Gasteiger partial charge in [-0.15, -0.1) is 0 Å². The third kappa shape index (κ3) is 2.92. The van der Waals surface area contributed by atoms with Gasteiger partial charge in [0, 0.05) is 20.6 Å². The fraction of sp³-hybridized carbons (Fsp3) is 0.0714. The second kappa shape index (κ2) is 5.55. The SMILES string of the molecule is COc1ccc(C(=O)c2cc(Cl)cc(Br)c2)cc1. The fourth-order valence-electron chi connectivity index (χ4n) is 1.59. The molecule has 2 rings (SSSR count). The minimum Gasteiger partial charge on any atom is -0.497 e. The lowest BCUT2D eigenvalue weighted by Crippen LogP contribution is -2.01. The number of carbonyl (C=O) groups is 1. The fourth-order valence-corrected chi connectivity index (χ4v) is 2.45. The number of ketones is 1. The van der Waals surface area contributed by atoms with Crippen molar-refractivity contribution < 1.29 is 9.53 Å². The summed E-state index contributed by atoms with van der Waals surface area (Å²) < 4.78 is 5.84. The second-order valence-corrected chi connectivity index (χ2v) is 5.07. The van der Waals surface area contributed by atoms with Crippen LogP contribution in [0, 0.1) is 0 Å². The number of halogens is 2. The molecule has 2 aromatic carbocycles. The lowest BCUT2D eigenvalue weighted by atomic mass is 10.0. The van der Waals surface area contributed by atoms with Crippen LogP contribution in [-0.2, 0) is 0 Å². The van der Waals surface area contributed by atoms with E-state index in [1.807, 2.05) is 0 Å². The monoisotopic (exact) mass is 324 g/mol. The second-order valence-electron chi connectivity index (χ2n) is 3.72. The molecule has 4 heteroatoms. The number of methoxy groups -OCH3 is 1. The van der Waals surface area contributed by atoms with Gasteiger partial charge in [-0.25, -0.2) is 0 Å². The van der Waals surface area contributed by atoms with Gasteiger partial charge < -0.3 is 4.74 Å². The third-order valence-corrected chi connectivity index (χ3v) is 3.15. The summed E-state index contributed by atoms with van der Waals surface area (Å²) in [6.45, 7) is 0. The summed E-state index contributed by atoms with van der Waals surface area (Å²) in [7, 11) is 1.59. The van der Waals surface area contributed by atoms with Crippen LogP contribution >= 0.6 is 27.5 Å². The highest BCUT2D eigenvalue weighted by Crippen LogP contribution is 2.22. The Bertz CT molecular complexity index is 559. The minimum atomic E-state index is -0.0687. The van der Waals surface area contributed by atoms with Crippen molar-refractivity contribution >= 4 is 33.3 Å². The van der Waals surface area contributed by atoms with Crippen molar-refractivity contribution in [3.63, 3.8) is 0 Å². The van der Waals surface area contributed by atoms with Crippen LogP contribution in [0.5, 0.6) is 5.75 Å². The maximum atomic E-state index is 12.2. The Kier molecular flexibility index (Phi) is 4.04. The molecule has 0 N–H and O–H groups in total. The number of rotatable bonds is 3. The van der Waals surface area contributed by atoms with E-state index in [1.54, 1.807) is 49.6 Å². The van der Waals surface area contributed by atoms with Crippen molar-refractivity contribution in [2.24, 2.45) is 0 Å². The van der Waals surface area contributed by atoms with Gasteiger partial charge in [-0.1, -0.05) is 27.5 Å². The minimum absolute atomic E-state index is 0.0687. The van der Waals surface area contributed by atoms with Crippen molar-refractivity contribution in [1.29, 1.82) is 0 Å². The van der Waals surface area contributed by atoms with E-state index in [0.29, 0.717) is 16.1 Å². The molecule has 2 nitrogen and oxygen atoms in total. The van der Waals surface area contributed by atoms with E-state index in [9.17, 15) is 4.79 Å². The molecule has 0 fully saturated rings. The van der Waals surface area contributed by atoms with Gasteiger partial charge in [0.1, 0.15) is 5.75 Å². The van der Waals surface area contributed by atoms with Gasteiger partial charge in [-0.3, -0.25) is 4.79 Å². The van der Waals surface area contributed by atoms with Gasteiger partial charge in [0.2, 0.25) is 0 Å². The Morgan fingerprint density at radius 2 is 1.78 bits per heavy atom. The first kappa shape index (κ1) is 13.1. The molecule has 0 heterocycles. The highest BCUT2D eigenvalue weighted by atomic mass is 79.9. The highest BCUT2D eigenvalue weighted by molar-refractivity contribution is 9.10. The number of hydrogen-bond donors (Lipinski definition) is 0. The molecule has 0 spiro atoms. The summed E-state index contributed by atoms with van der Waals surface area (Å²) in [6, 6.07) is 12.1. The number of hydrogen-bond acceptors (Lipinski definition) is 2. The molecule has 0 saturated carbocycles. The van der Waals surface area contributed by atoms with Crippen LogP contribution in [0.15, 0.2) is 46.9 Å². The molecule has 0 radical (unpaired) electrons. The van der Waals surface area contributed by atoms with Crippen LogP contribution in [0.3, 0.4) is 0 Å². The van der Waals surface area contributed by atoms with Crippen LogP contribution in [0.2, 0.25) is 5.02 Å². The first-order chi connectivity index (χ1) is 8.60. The Hall–Kier alpha value is -1.32. The first-order valence-electron chi connectivity index (χ1n) is 5.25. The van der Waals surface area contributed by atoms with E-state index in [1.165, 1.54) is 0 Å². The molecule has 0 aliphatic carbocycles. The highest BCUT2D eigenvalue weighted by Gasteiger charge is 2.10. The molecule has 0 saturated heterocycles. The zero-order chi connectivity index (χ0) is 13.1. The van der Waals surface area contributed by atoms with Gasteiger partial charge in [-0.2, -0.15) is 0 Å². The summed E-state index contributed by atoms with van der Waals surface area (Å²) in [5, 5.41) is 0.529. The molecule has 0 bridgehead atoms. The van der Waals surface area contributed by atoms with Crippen molar-refractivity contribution in [2.45, 2.75) is 0 Å². The number of carbonyl (C=O) groups excluding carboxylic acids is 1. The Morgan fingerprint density at radius 3 is 2.33 bits per heavy atom. The van der Waals surface area contributed by atoms with E-state index >= 15 is 0 Å². The Morgan fingerprint density at radius 1 is 1.11 bits per heavy atom. The molecule has 0 aliphatic heterocycles. The van der Waals surface area contributed by atoms with Crippen molar-refractivity contribution in [1.82, 2.24) is 0 Å². The van der Waals surface area contributed by atoms with E-state index in [2.05, 4.69) is 15.9 Å². The third-order valence-electron chi connectivity index (χ3n) is 2.48. The van der Waals surface area contributed by atoms with Gasteiger partial charge in [0.15, 0.2) is 5.78 Å². The molecular weight excluding hydrogens is 316 g/mol. The normalized spacial score (nSPS) is 10.2. The molecule has 0 atom stereocenters. The summed E-state index contributed by atoms with van der Waals surface area (Å²) in [5.41, 5.74) is 1.16. The summed E-state index contributed by atoms with van der Waals surface area (Å²) in [5.74, 6) is 0.652. The number of benzene rings is 2. The van der Waals surface area contributed by atoms with E-state index in [0.717, 1.165) is 10.2 Å². The molecule has 0 aromatic heterocycles. The van der Waals surface area contributed by atoms with Crippen molar-refractivity contribution in [3.8, 4) is 5.75 Å². The average molecular weight is 326 g/mol. The topological polar surface area (TPSA) is 26.3 Å². The molecular formula is C14H10BrClO2. The zero-order valence-corrected chi connectivity index (χ0v) is 12.0. The zero-order valence-electron chi connectivity index (χ0n) is 9.61.